The molecule has 0 radical (unpaired) electrons. The minimum atomic E-state index is 0.220. The Balaban J connectivity index is 2.75. The summed E-state index contributed by atoms with van der Waals surface area (Å²) in [4.78, 5) is 11.4. The van der Waals surface area contributed by atoms with E-state index in [1.54, 1.807) is 0 Å². The highest BCUT2D eigenvalue weighted by atomic mass is 16.1. The SMILES string of the molecule is CCC1(C)CNC(=O)CCC(C)(C)C1. The molecule has 14 heavy (non-hydrogen) atoms. The molecule has 1 rings (SSSR count). The van der Waals surface area contributed by atoms with Gasteiger partial charge in [-0.3, -0.25) is 4.79 Å². The standard InChI is InChI=1S/C12H23NO/c1-5-12(4)8-11(2,3)7-6-10(14)13-9-12/h5-9H2,1-4H3,(H,13,14). The molecule has 0 saturated carbocycles. The van der Waals surface area contributed by atoms with Crippen LogP contribution in [0.2, 0.25) is 0 Å². The first-order chi connectivity index (χ1) is 6.37. The van der Waals surface area contributed by atoms with Crippen molar-refractivity contribution >= 4 is 5.91 Å². The molecule has 1 saturated heterocycles. The quantitative estimate of drug-likeness (QED) is 0.688. The molecule has 0 spiro atoms. The van der Waals surface area contributed by atoms with Gasteiger partial charge in [-0.2, -0.15) is 0 Å². The molecule has 1 N–H and O–H groups in total. The summed E-state index contributed by atoms with van der Waals surface area (Å²) in [5.41, 5.74) is 0.585. The molecule has 0 aliphatic carbocycles. The highest BCUT2D eigenvalue weighted by molar-refractivity contribution is 5.76. The minimum Gasteiger partial charge on any atom is -0.356 e. The third-order valence-corrected chi connectivity index (χ3v) is 3.50. The zero-order valence-electron chi connectivity index (χ0n) is 9.94. The number of carbonyl (C=O) groups is 1. The number of rotatable bonds is 1. The molecule has 0 aromatic heterocycles. The second kappa shape index (κ2) is 3.92. The Morgan fingerprint density at radius 2 is 2.00 bits per heavy atom. The summed E-state index contributed by atoms with van der Waals surface area (Å²) in [7, 11) is 0. The van der Waals surface area contributed by atoms with E-state index in [0.717, 1.165) is 19.4 Å². The molecule has 82 valence electrons. The largest absolute Gasteiger partial charge is 0.356 e. The zero-order chi connectivity index (χ0) is 10.8. The van der Waals surface area contributed by atoms with Crippen molar-refractivity contribution in [3.63, 3.8) is 0 Å². The Labute approximate surface area is 87.5 Å². The van der Waals surface area contributed by atoms with Crippen molar-refractivity contribution in [3.05, 3.63) is 0 Å². The molecule has 2 heteroatoms. The van der Waals surface area contributed by atoms with Crippen LogP contribution < -0.4 is 5.32 Å². The average molecular weight is 197 g/mol. The number of hydrogen-bond donors (Lipinski definition) is 1. The van der Waals surface area contributed by atoms with Crippen molar-refractivity contribution < 1.29 is 4.79 Å². The van der Waals surface area contributed by atoms with Gasteiger partial charge in [0.15, 0.2) is 0 Å². The molecule has 0 aromatic rings. The summed E-state index contributed by atoms with van der Waals surface area (Å²) in [6.45, 7) is 9.88. The van der Waals surface area contributed by atoms with E-state index in [1.165, 1.54) is 6.42 Å². The zero-order valence-corrected chi connectivity index (χ0v) is 9.94. The van der Waals surface area contributed by atoms with Crippen LogP contribution in [0.5, 0.6) is 0 Å². The van der Waals surface area contributed by atoms with Gasteiger partial charge in [0.2, 0.25) is 5.91 Å². The fraction of sp³-hybridized carbons (Fsp3) is 0.917. The lowest BCUT2D eigenvalue weighted by molar-refractivity contribution is -0.123. The first-order valence-electron chi connectivity index (χ1n) is 5.64. The molecule has 0 bridgehead atoms. The lowest BCUT2D eigenvalue weighted by atomic mass is 9.69. The van der Waals surface area contributed by atoms with Gasteiger partial charge in [-0.1, -0.05) is 27.7 Å². The van der Waals surface area contributed by atoms with E-state index in [9.17, 15) is 4.79 Å². The minimum absolute atomic E-state index is 0.220. The van der Waals surface area contributed by atoms with E-state index in [0.29, 0.717) is 11.8 Å². The molecule has 1 aliphatic rings. The van der Waals surface area contributed by atoms with Crippen molar-refractivity contribution in [1.82, 2.24) is 5.32 Å². The molecule has 1 unspecified atom stereocenters. The second-order valence-corrected chi connectivity index (χ2v) is 5.78. The van der Waals surface area contributed by atoms with E-state index in [4.69, 9.17) is 0 Å². The predicted octanol–water partition coefficient (Wildman–Crippen LogP) is 2.73. The normalized spacial score (nSPS) is 33.0. The Morgan fingerprint density at radius 3 is 2.57 bits per heavy atom. The molecule has 1 amide bonds. The molecule has 1 fully saturated rings. The molecule has 1 atom stereocenters. The van der Waals surface area contributed by atoms with Gasteiger partial charge in [0.25, 0.3) is 0 Å². The van der Waals surface area contributed by atoms with Crippen LogP contribution in [-0.4, -0.2) is 12.5 Å². The van der Waals surface area contributed by atoms with Crippen molar-refractivity contribution in [3.8, 4) is 0 Å². The van der Waals surface area contributed by atoms with Gasteiger partial charge in [-0.15, -0.1) is 0 Å². The highest BCUT2D eigenvalue weighted by Crippen LogP contribution is 2.39. The summed E-state index contributed by atoms with van der Waals surface area (Å²) in [6, 6.07) is 0. The number of hydrogen-bond acceptors (Lipinski definition) is 1. The Kier molecular flexibility index (Phi) is 3.23. The van der Waals surface area contributed by atoms with Crippen molar-refractivity contribution in [2.45, 2.75) is 53.4 Å². The first kappa shape index (κ1) is 11.5. The van der Waals surface area contributed by atoms with Crippen molar-refractivity contribution in [1.29, 1.82) is 0 Å². The molecular formula is C12H23NO. The molecule has 1 aliphatic heterocycles. The van der Waals surface area contributed by atoms with Gasteiger partial charge in [0.1, 0.15) is 0 Å². The molecular weight excluding hydrogens is 174 g/mol. The van der Waals surface area contributed by atoms with Crippen molar-refractivity contribution in [2.75, 3.05) is 6.54 Å². The summed E-state index contributed by atoms with van der Waals surface area (Å²) >= 11 is 0. The van der Waals surface area contributed by atoms with E-state index < -0.39 is 0 Å². The lowest BCUT2D eigenvalue weighted by Gasteiger charge is -2.39. The number of nitrogens with one attached hydrogen (secondary N) is 1. The van der Waals surface area contributed by atoms with E-state index in [1.807, 2.05) is 0 Å². The van der Waals surface area contributed by atoms with Crippen LogP contribution in [0.25, 0.3) is 0 Å². The van der Waals surface area contributed by atoms with Gasteiger partial charge in [0, 0.05) is 13.0 Å². The van der Waals surface area contributed by atoms with Crippen LogP contribution in [0.15, 0.2) is 0 Å². The fourth-order valence-electron chi connectivity index (χ4n) is 2.41. The second-order valence-electron chi connectivity index (χ2n) is 5.78. The number of carbonyl (C=O) groups excluding carboxylic acids is 1. The van der Waals surface area contributed by atoms with Gasteiger partial charge < -0.3 is 5.32 Å². The van der Waals surface area contributed by atoms with Crippen LogP contribution in [-0.2, 0) is 4.79 Å². The first-order valence-corrected chi connectivity index (χ1v) is 5.64. The Hall–Kier alpha value is -0.530. The summed E-state index contributed by atoms with van der Waals surface area (Å²) in [5.74, 6) is 0.220. The van der Waals surface area contributed by atoms with Crippen LogP contribution in [0.1, 0.15) is 53.4 Å². The lowest BCUT2D eigenvalue weighted by Crippen LogP contribution is -2.41. The maximum Gasteiger partial charge on any atom is 0.220 e. The number of amides is 1. The summed E-state index contributed by atoms with van der Waals surface area (Å²) in [6.07, 6.45) is 4.04. The van der Waals surface area contributed by atoms with Gasteiger partial charge in [-0.25, -0.2) is 0 Å². The van der Waals surface area contributed by atoms with Crippen molar-refractivity contribution in [2.24, 2.45) is 10.8 Å². The van der Waals surface area contributed by atoms with Crippen LogP contribution in [0.3, 0.4) is 0 Å². The van der Waals surface area contributed by atoms with E-state index in [2.05, 4.69) is 33.0 Å². The van der Waals surface area contributed by atoms with Gasteiger partial charge in [-0.05, 0) is 30.1 Å². The van der Waals surface area contributed by atoms with Gasteiger partial charge >= 0.3 is 0 Å². The van der Waals surface area contributed by atoms with Crippen LogP contribution >= 0.6 is 0 Å². The monoisotopic (exact) mass is 197 g/mol. The summed E-state index contributed by atoms with van der Waals surface area (Å²) in [5, 5.41) is 3.02. The predicted molar refractivity (Wildman–Crippen MR) is 59.0 cm³/mol. The van der Waals surface area contributed by atoms with Gasteiger partial charge in [0.05, 0.1) is 0 Å². The average Bonchev–Trinajstić information content (AvgIpc) is 2.10. The maximum atomic E-state index is 11.4. The molecule has 1 heterocycles. The van der Waals surface area contributed by atoms with E-state index >= 15 is 0 Å². The third kappa shape index (κ3) is 3.00. The topological polar surface area (TPSA) is 29.1 Å². The Morgan fingerprint density at radius 1 is 1.36 bits per heavy atom. The third-order valence-electron chi connectivity index (χ3n) is 3.50. The Bertz CT molecular complexity index is 222. The molecule has 2 nitrogen and oxygen atoms in total. The maximum absolute atomic E-state index is 11.4. The van der Waals surface area contributed by atoms with Crippen LogP contribution in [0.4, 0.5) is 0 Å². The highest BCUT2D eigenvalue weighted by Gasteiger charge is 2.33. The van der Waals surface area contributed by atoms with Crippen LogP contribution in [0, 0.1) is 10.8 Å². The fourth-order valence-corrected chi connectivity index (χ4v) is 2.41. The smallest absolute Gasteiger partial charge is 0.220 e. The summed E-state index contributed by atoms with van der Waals surface area (Å²) < 4.78 is 0. The van der Waals surface area contributed by atoms with E-state index in [-0.39, 0.29) is 11.3 Å². The molecule has 0 aromatic carbocycles.